The van der Waals surface area contributed by atoms with Crippen molar-refractivity contribution in [3.8, 4) is 0 Å². The Hall–Kier alpha value is -3.14. The molecule has 1 fully saturated rings. The fourth-order valence-corrected chi connectivity index (χ4v) is 3.98. The average Bonchev–Trinajstić information content (AvgIpc) is 3.55. The average molecular weight is 427 g/mol. The predicted molar refractivity (Wildman–Crippen MR) is 117 cm³/mol. The van der Waals surface area contributed by atoms with Crippen LogP contribution in [0.15, 0.2) is 39.0 Å². The van der Waals surface area contributed by atoms with Crippen LogP contribution in [0.5, 0.6) is 0 Å². The lowest BCUT2D eigenvalue weighted by Crippen LogP contribution is -2.42. The highest BCUT2D eigenvalue weighted by Gasteiger charge is 2.27. The molecule has 0 aliphatic heterocycles. The van der Waals surface area contributed by atoms with Crippen molar-refractivity contribution in [2.45, 2.75) is 36.2 Å². The Bertz CT molecular complexity index is 1280. The molecule has 0 unspecified atom stereocenters. The lowest BCUT2D eigenvalue weighted by atomic mass is 10.1. The number of hydrogen-bond donors (Lipinski definition) is 2. The smallest absolute Gasteiger partial charge is 0.332 e. The van der Waals surface area contributed by atoms with Gasteiger partial charge in [-0.15, -0.1) is 0 Å². The van der Waals surface area contributed by atoms with Crippen LogP contribution in [-0.2, 0) is 14.1 Å². The molecule has 9 nitrogen and oxygen atoms in total. The molecular weight excluding hydrogens is 404 g/mol. The summed E-state index contributed by atoms with van der Waals surface area (Å²) in [6.07, 6.45) is 2.20. The summed E-state index contributed by atoms with van der Waals surface area (Å²) in [7, 11) is 2.74. The Morgan fingerprint density at radius 2 is 1.90 bits per heavy atom. The van der Waals surface area contributed by atoms with Gasteiger partial charge < -0.3 is 11.1 Å². The van der Waals surface area contributed by atoms with E-state index in [0.717, 1.165) is 50.5 Å². The molecule has 1 saturated carbocycles. The van der Waals surface area contributed by atoms with Crippen molar-refractivity contribution in [3.05, 3.63) is 50.7 Å². The van der Waals surface area contributed by atoms with E-state index >= 15 is 0 Å². The van der Waals surface area contributed by atoms with Gasteiger partial charge in [-0.2, -0.15) is 0 Å². The van der Waals surface area contributed by atoms with Crippen molar-refractivity contribution in [2.24, 2.45) is 14.1 Å². The number of nitrogens with zero attached hydrogens (tertiary/aromatic N) is 4. The molecule has 2 aromatic heterocycles. The predicted octanol–water partition coefficient (Wildman–Crippen LogP) is 1.55. The molecule has 1 aromatic carbocycles. The molecule has 0 bridgehead atoms. The molecule has 0 amide bonds. The molecule has 3 N–H and O–H groups in total. The Kier molecular flexibility index (Phi) is 5.10. The van der Waals surface area contributed by atoms with E-state index in [1.54, 1.807) is 6.92 Å². The number of ketones is 1. The molecule has 1 atom stereocenters. The standard InChI is InChI=1S/C20H22N6O3S/c1-10(15(27)14-16(21)25(2)20(29)26(3)18(14)28)30-19-23-13-7-5-4-6-12(13)17(24-19)22-11-8-9-11/h4-7,10-11H,8-9,21H2,1-3H3,(H,22,23,24)/t10-/m0/s1. The van der Waals surface area contributed by atoms with Crippen molar-refractivity contribution in [2.75, 3.05) is 11.1 Å². The Morgan fingerprint density at radius 1 is 1.20 bits per heavy atom. The van der Waals surface area contributed by atoms with Crippen molar-refractivity contribution >= 4 is 40.1 Å². The lowest BCUT2D eigenvalue weighted by Gasteiger charge is -2.15. The van der Waals surface area contributed by atoms with Crippen LogP contribution < -0.4 is 22.3 Å². The van der Waals surface area contributed by atoms with Crippen molar-refractivity contribution < 1.29 is 4.79 Å². The first-order chi connectivity index (χ1) is 14.3. The second kappa shape index (κ2) is 7.60. The molecule has 4 rings (SSSR count). The Morgan fingerprint density at radius 3 is 2.60 bits per heavy atom. The maximum absolute atomic E-state index is 13.0. The molecule has 0 radical (unpaired) electrons. The monoisotopic (exact) mass is 426 g/mol. The van der Waals surface area contributed by atoms with Crippen LogP contribution in [0.1, 0.15) is 30.1 Å². The maximum atomic E-state index is 13.0. The zero-order valence-corrected chi connectivity index (χ0v) is 17.7. The van der Waals surface area contributed by atoms with Gasteiger partial charge in [0.05, 0.1) is 10.8 Å². The number of anilines is 2. The number of aromatic nitrogens is 4. The number of carbonyl (C=O) groups is 1. The van der Waals surface area contributed by atoms with Crippen LogP contribution in [0.3, 0.4) is 0 Å². The highest BCUT2D eigenvalue weighted by molar-refractivity contribution is 8.00. The largest absolute Gasteiger partial charge is 0.384 e. The van der Waals surface area contributed by atoms with Gasteiger partial charge >= 0.3 is 5.69 Å². The van der Waals surface area contributed by atoms with Crippen molar-refractivity contribution in [3.63, 3.8) is 0 Å². The summed E-state index contributed by atoms with van der Waals surface area (Å²) in [5.74, 6) is 0.126. The molecular formula is C20H22N6O3S. The molecule has 2 heterocycles. The third-order valence-corrected chi connectivity index (χ3v) is 6.07. The van der Waals surface area contributed by atoms with Crippen LogP contribution in [0, 0.1) is 0 Å². The minimum absolute atomic E-state index is 0.143. The number of fused-ring (bicyclic) bond motifs is 1. The summed E-state index contributed by atoms with van der Waals surface area (Å²) >= 11 is 1.15. The molecule has 30 heavy (non-hydrogen) atoms. The number of hydrogen-bond acceptors (Lipinski definition) is 8. The summed E-state index contributed by atoms with van der Waals surface area (Å²) in [5.41, 5.74) is 5.21. The minimum Gasteiger partial charge on any atom is -0.384 e. The van der Waals surface area contributed by atoms with E-state index in [2.05, 4.69) is 15.3 Å². The summed E-state index contributed by atoms with van der Waals surface area (Å²) < 4.78 is 1.97. The Labute approximate surface area is 176 Å². The van der Waals surface area contributed by atoms with Gasteiger partial charge in [0.2, 0.25) is 0 Å². The van der Waals surface area contributed by atoms with E-state index in [9.17, 15) is 14.4 Å². The van der Waals surface area contributed by atoms with Crippen LogP contribution in [0.25, 0.3) is 10.9 Å². The number of thioether (sulfide) groups is 1. The summed E-state index contributed by atoms with van der Waals surface area (Å²) in [6, 6.07) is 8.09. The third kappa shape index (κ3) is 3.58. The summed E-state index contributed by atoms with van der Waals surface area (Å²) in [4.78, 5) is 46.7. The van der Waals surface area contributed by atoms with Gasteiger partial charge in [-0.1, -0.05) is 23.9 Å². The molecule has 156 valence electrons. The van der Waals surface area contributed by atoms with Crippen molar-refractivity contribution in [1.82, 2.24) is 19.1 Å². The number of carbonyl (C=O) groups excluding carboxylic acids is 1. The van der Waals surface area contributed by atoms with Gasteiger partial charge in [-0.25, -0.2) is 14.8 Å². The molecule has 1 aliphatic rings. The molecule has 10 heteroatoms. The van der Waals surface area contributed by atoms with E-state index in [1.165, 1.54) is 14.1 Å². The second-order valence-electron chi connectivity index (χ2n) is 7.38. The third-order valence-electron chi connectivity index (χ3n) is 5.11. The van der Waals surface area contributed by atoms with Gasteiger partial charge in [-0.3, -0.25) is 18.7 Å². The molecule has 0 saturated heterocycles. The second-order valence-corrected chi connectivity index (χ2v) is 8.69. The Balaban J connectivity index is 1.68. The number of nitrogens with two attached hydrogens (primary N) is 1. The quantitative estimate of drug-likeness (QED) is 0.345. The van der Waals surface area contributed by atoms with Gasteiger partial charge in [0, 0.05) is 25.5 Å². The highest BCUT2D eigenvalue weighted by Crippen LogP contribution is 2.31. The van der Waals surface area contributed by atoms with Crippen LogP contribution in [0.2, 0.25) is 0 Å². The number of rotatable bonds is 6. The summed E-state index contributed by atoms with van der Waals surface area (Å²) in [5, 5.41) is 4.09. The van der Waals surface area contributed by atoms with E-state index in [-0.39, 0.29) is 11.4 Å². The fraction of sp³-hybridized carbons (Fsp3) is 0.350. The van der Waals surface area contributed by atoms with Crippen LogP contribution in [0.4, 0.5) is 11.6 Å². The first-order valence-corrected chi connectivity index (χ1v) is 10.5. The van der Waals surface area contributed by atoms with Crippen LogP contribution in [-0.4, -0.2) is 36.2 Å². The van der Waals surface area contributed by atoms with E-state index in [1.807, 2.05) is 24.3 Å². The number of nitrogens with one attached hydrogen (secondary N) is 1. The number of Topliss-reactive ketones (excluding diaryl/α,β-unsaturated/α-hetero) is 1. The van der Waals surface area contributed by atoms with Gasteiger partial charge in [-0.05, 0) is 31.9 Å². The zero-order chi connectivity index (χ0) is 21.6. The SMILES string of the molecule is C[C@H](Sc1nc(NC2CC2)c2ccccc2n1)C(=O)c1c(N)n(C)c(=O)n(C)c1=O. The van der Waals surface area contributed by atoms with E-state index in [0.29, 0.717) is 11.2 Å². The fourth-order valence-electron chi connectivity index (χ4n) is 3.15. The summed E-state index contributed by atoms with van der Waals surface area (Å²) in [6.45, 7) is 1.67. The highest BCUT2D eigenvalue weighted by atomic mass is 32.2. The molecule has 1 aliphatic carbocycles. The lowest BCUT2D eigenvalue weighted by molar-refractivity contribution is 0.0992. The first-order valence-electron chi connectivity index (χ1n) is 9.57. The zero-order valence-electron chi connectivity index (χ0n) is 16.9. The molecule has 0 spiro atoms. The van der Waals surface area contributed by atoms with Gasteiger partial charge in [0.1, 0.15) is 17.2 Å². The number of nitrogen functional groups attached to an aromatic ring is 1. The normalized spacial score (nSPS) is 14.6. The van der Waals surface area contributed by atoms with Gasteiger partial charge in [0.15, 0.2) is 10.9 Å². The first kappa shape index (κ1) is 20.1. The van der Waals surface area contributed by atoms with Crippen molar-refractivity contribution in [1.29, 1.82) is 0 Å². The number of para-hydroxylation sites is 1. The molecule has 3 aromatic rings. The van der Waals surface area contributed by atoms with E-state index < -0.39 is 22.3 Å². The maximum Gasteiger partial charge on any atom is 0.332 e. The minimum atomic E-state index is -0.705. The van der Waals surface area contributed by atoms with Gasteiger partial charge in [0.25, 0.3) is 5.56 Å². The van der Waals surface area contributed by atoms with Crippen LogP contribution >= 0.6 is 11.8 Å². The van der Waals surface area contributed by atoms with E-state index in [4.69, 9.17) is 5.73 Å². The topological polar surface area (TPSA) is 125 Å². The number of benzene rings is 1.